The topological polar surface area (TPSA) is 20.2 Å². The van der Waals surface area contributed by atoms with Gasteiger partial charge in [-0.1, -0.05) is 30.3 Å². The van der Waals surface area contributed by atoms with E-state index in [1.165, 1.54) is 5.56 Å². The fraction of sp³-hybridized carbons (Fsp3) is 0.286. The largest absolute Gasteiger partial charge is 0.388 e. The summed E-state index contributed by atoms with van der Waals surface area (Å²) >= 11 is 5.07. The molecule has 0 spiro atoms. The first-order chi connectivity index (χ1) is 8.25. The number of hydrogen-bond donors (Lipinski definition) is 1. The van der Waals surface area contributed by atoms with Crippen molar-refractivity contribution < 1.29 is 5.11 Å². The highest BCUT2D eigenvalue weighted by Crippen LogP contribution is 2.54. The van der Waals surface area contributed by atoms with Gasteiger partial charge in [-0.25, -0.2) is 0 Å². The van der Waals surface area contributed by atoms with E-state index in [4.69, 9.17) is 0 Å². The standard InChI is InChI=1S/C14H13BrOS/c15-13-6-10(8-17-13)14(16)12-7-11(12)9-4-2-1-3-5-9/h1-6,8,11-12,14,16H,7H2. The highest BCUT2D eigenvalue weighted by atomic mass is 79.9. The van der Waals surface area contributed by atoms with E-state index in [2.05, 4.69) is 40.2 Å². The van der Waals surface area contributed by atoms with E-state index in [1.807, 2.05) is 17.5 Å². The molecule has 3 unspecified atom stereocenters. The summed E-state index contributed by atoms with van der Waals surface area (Å²) in [6, 6.07) is 12.5. The summed E-state index contributed by atoms with van der Waals surface area (Å²) in [6.07, 6.45) is 0.779. The third-order valence-electron chi connectivity index (χ3n) is 3.40. The molecule has 1 N–H and O–H groups in total. The Hall–Kier alpha value is -0.640. The summed E-state index contributed by atoms with van der Waals surface area (Å²) in [5, 5.41) is 12.3. The van der Waals surface area contributed by atoms with Gasteiger partial charge >= 0.3 is 0 Å². The molecule has 3 atom stereocenters. The Morgan fingerprint density at radius 3 is 2.71 bits per heavy atom. The minimum atomic E-state index is -0.317. The number of thiophene rings is 1. The molecule has 1 aliphatic rings. The number of aliphatic hydroxyl groups excluding tert-OH is 1. The molecule has 1 aliphatic carbocycles. The van der Waals surface area contributed by atoms with Crippen LogP contribution in [-0.2, 0) is 0 Å². The van der Waals surface area contributed by atoms with E-state index in [0.717, 1.165) is 15.8 Å². The van der Waals surface area contributed by atoms with Gasteiger partial charge in [0.25, 0.3) is 0 Å². The molecule has 1 saturated carbocycles. The van der Waals surface area contributed by atoms with Crippen LogP contribution in [0.4, 0.5) is 0 Å². The fourth-order valence-corrected chi connectivity index (χ4v) is 3.58. The van der Waals surface area contributed by atoms with Gasteiger partial charge in [0.2, 0.25) is 0 Å². The number of rotatable bonds is 3. The Labute approximate surface area is 113 Å². The molecule has 0 radical (unpaired) electrons. The van der Waals surface area contributed by atoms with Gasteiger partial charge in [-0.05, 0) is 56.8 Å². The zero-order valence-electron chi connectivity index (χ0n) is 9.21. The number of hydrogen-bond acceptors (Lipinski definition) is 2. The second-order valence-corrected chi connectivity index (χ2v) is 6.84. The lowest BCUT2D eigenvalue weighted by atomic mass is 10.0. The fourth-order valence-electron chi connectivity index (χ4n) is 2.37. The smallest absolute Gasteiger partial charge is 0.0832 e. The van der Waals surface area contributed by atoms with Gasteiger partial charge in [-0.15, -0.1) is 11.3 Å². The molecule has 0 bridgehead atoms. The zero-order chi connectivity index (χ0) is 11.8. The summed E-state index contributed by atoms with van der Waals surface area (Å²) in [4.78, 5) is 0. The monoisotopic (exact) mass is 308 g/mol. The Morgan fingerprint density at radius 1 is 1.29 bits per heavy atom. The van der Waals surface area contributed by atoms with Crippen LogP contribution in [0.15, 0.2) is 45.6 Å². The Balaban J connectivity index is 1.73. The van der Waals surface area contributed by atoms with Gasteiger partial charge in [-0.2, -0.15) is 0 Å². The molecule has 1 aromatic heterocycles. The van der Waals surface area contributed by atoms with Crippen molar-refractivity contribution in [1.29, 1.82) is 0 Å². The minimum Gasteiger partial charge on any atom is -0.388 e. The lowest BCUT2D eigenvalue weighted by Crippen LogP contribution is -1.99. The molecule has 1 nitrogen and oxygen atoms in total. The van der Waals surface area contributed by atoms with E-state index in [-0.39, 0.29) is 6.10 Å². The van der Waals surface area contributed by atoms with Crippen LogP contribution < -0.4 is 0 Å². The van der Waals surface area contributed by atoms with Crippen LogP contribution in [0.3, 0.4) is 0 Å². The average molecular weight is 309 g/mol. The molecule has 88 valence electrons. The highest BCUT2D eigenvalue weighted by Gasteiger charge is 2.43. The normalized spacial score (nSPS) is 24.6. The van der Waals surface area contributed by atoms with Gasteiger partial charge < -0.3 is 5.11 Å². The molecular weight excluding hydrogens is 296 g/mol. The maximum atomic E-state index is 10.3. The van der Waals surface area contributed by atoms with Crippen LogP contribution in [0.25, 0.3) is 0 Å². The van der Waals surface area contributed by atoms with Crippen molar-refractivity contribution in [2.45, 2.75) is 18.4 Å². The lowest BCUT2D eigenvalue weighted by molar-refractivity contribution is 0.151. The number of halogens is 1. The van der Waals surface area contributed by atoms with E-state index in [9.17, 15) is 5.11 Å². The molecule has 3 heteroatoms. The summed E-state index contributed by atoms with van der Waals surface area (Å²) < 4.78 is 1.09. The van der Waals surface area contributed by atoms with Crippen molar-refractivity contribution in [2.24, 2.45) is 5.92 Å². The van der Waals surface area contributed by atoms with Crippen molar-refractivity contribution in [1.82, 2.24) is 0 Å². The first kappa shape index (κ1) is 11.5. The van der Waals surface area contributed by atoms with Crippen LogP contribution >= 0.6 is 27.3 Å². The van der Waals surface area contributed by atoms with Crippen LogP contribution in [0.2, 0.25) is 0 Å². The third kappa shape index (κ3) is 2.32. The van der Waals surface area contributed by atoms with Crippen LogP contribution in [0.1, 0.15) is 29.6 Å². The van der Waals surface area contributed by atoms with Crippen LogP contribution in [-0.4, -0.2) is 5.11 Å². The molecule has 2 aromatic rings. The van der Waals surface area contributed by atoms with Crippen molar-refractivity contribution in [2.75, 3.05) is 0 Å². The maximum absolute atomic E-state index is 10.3. The minimum absolute atomic E-state index is 0.317. The Morgan fingerprint density at radius 2 is 2.06 bits per heavy atom. The van der Waals surface area contributed by atoms with E-state index < -0.39 is 0 Å². The molecule has 3 rings (SSSR count). The second kappa shape index (κ2) is 4.56. The third-order valence-corrected chi connectivity index (χ3v) is 4.93. The van der Waals surface area contributed by atoms with E-state index >= 15 is 0 Å². The molecular formula is C14H13BrOS. The summed E-state index contributed by atoms with van der Waals surface area (Å²) in [6.45, 7) is 0. The SMILES string of the molecule is OC(c1csc(Br)c1)C1CC1c1ccccc1. The predicted molar refractivity (Wildman–Crippen MR) is 74.3 cm³/mol. The number of aliphatic hydroxyl groups is 1. The second-order valence-electron chi connectivity index (χ2n) is 4.55. The predicted octanol–water partition coefficient (Wildman–Crippen LogP) is 4.35. The van der Waals surface area contributed by atoms with Gasteiger partial charge in [0.15, 0.2) is 0 Å². The molecule has 0 aliphatic heterocycles. The summed E-state index contributed by atoms with van der Waals surface area (Å²) in [5.74, 6) is 0.920. The van der Waals surface area contributed by atoms with Gasteiger partial charge in [-0.3, -0.25) is 0 Å². The molecule has 0 amide bonds. The Kier molecular flexibility index (Phi) is 3.07. The van der Waals surface area contributed by atoms with Crippen LogP contribution in [0.5, 0.6) is 0 Å². The van der Waals surface area contributed by atoms with Crippen molar-refractivity contribution in [3.63, 3.8) is 0 Å². The zero-order valence-corrected chi connectivity index (χ0v) is 11.6. The first-order valence-corrected chi connectivity index (χ1v) is 7.40. The molecule has 17 heavy (non-hydrogen) atoms. The molecule has 1 fully saturated rings. The maximum Gasteiger partial charge on any atom is 0.0832 e. The average Bonchev–Trinajstić information content (AvgIpc) is 3.05. The number of benzene rings is 1. The van der Waals surface area contributed by atoms with Gasteiger partial charge in [0.05, 0.1) is 9.89 Å². The van der Waals surface area contributed by atoms with Gasteiger partial charge in [0, 0.05) is 0 Å². The molecule has 1 aromatic carbocycles. The molecule has 0 saturated heterocycles. The van der Waals surface area contributed by atoms with Crippen molar-refractivity contribution in [3.8, 4) is 0 Å². The Bertz CT molecular complexity index is 508. The highest BCUT2D eigenvalue weighted by molar-refractivity contribution is 9.11. The van der Waals surface area contributed by atoms with Crippen molar-refractivity contribution in [3.05, 3.63) is 56.7 Å². The lowest BCUT2D eigenvalue weighted by Gasteiger charge is -2.08. The van der Waals surface area contributed by atoms with Gasteiger partial charge in [0.1, 0.15) is 0 Å². The molecule has 1 heterocycles. The van der Waals surface area contributed by atoms with Crippen LogP contribution in [0, 0.1) is 5.92 Å². The summed E-state index contributed by atoms with van der Waals surface area (Å²) in [5.41, 5.74) is 2.40. The quantitative estimate of drug-likeness (QED) is 0.894. The van der Waals surface area contributed by atoms with Crippen molar-refractivity contribution >= 4 is 27.3 Å². The first-order valence-electron chi connectivity index (χ1n) is 5.72. The van der Waals surface area contributed by atoms with E-state index in [0.29, 0.717) is 11.8 Å². The van der Waals surface area contributed by atoms with E-state index in [1.54, 1.807) is 11.3 Å². The summed E-state index contributed by atoms with van der Waals surface area (Å²) in [7, 11) is 0.